The maximum Gasteiger partial charge on any atom is 0.233 e. The lowest BCUT2D eigenvalue weighted by molar-refractivity contribution is -0.521. The van der Waals surface area contributed by atoms with Crippen LogP contribution in [-0.2, 0) is 6.42 Å². The monoisotopic (exact) mass is 324 g/mol. The van der Waals surface area contributed by atoms with Crippen molar-refractivity contribution < 1.29 is 4.92 Å². The van der Waals surface area contributed by atoms with Crippen molar-refractivity contribution in [3.63, 3.8) is 0 Å². The average molecular weight is 324 g/mol. The predicted molar refractivity (Wildman–Crippen MR) is 95.8 cm³/mol. The van der Waals surface area contributed by atoms with Crippen molar-refractivity contribution in [2.24, 2.45) is 0 Å². The molecule has 1 fully saturated rings. The summed E-state index contributed by atoms with van der Waals surface area (Å²) in [5, 5.41) is 11.6. The molecule has 24 heavy (non-hydrogen) atoms. The number of nitrogens with zero attached hydrogens (tertiary/aromatic N) is 2. The van der Waals surface area contributed by atoms with E-state index < -0.39 is 6.04 Å². The maximum absolute atomic E-state index is 11.6. The van der Waals surface area contributed by atoms with Gasteiger partial charge in [0.05, 0.1) is 12.5 Å². The minimum absolute atomic E-state index is 0.0222. The summed E-state index contributed by atoms with van der Waals surface area (Å²) >= 11 is 0. The summed E-state index contributed by atoms with van der Waals surface area (Å²) in [5.41, 5.74) is 2.38. The molecule has 3 unspecified atom stereocenters. The second-order valence-corrected chi connectivity index (χ2v) is 6.58. The minimum atomic E-state index is -0.516. The number of hydrogen-bond acceptors (Lipinski definition) is 3. The highest BCUT2D eigenvalue weighted by molar-refractivity contribution is 5.23. The molecule has 3 atom stereocenters. The first-order valence-electron chi connectivity index (χ1n) is 8.65. The maximum atomic E-state index is 11.6. The zero-order chi connectivity index (χ0) is 16.9. The Hall–Kier alpha value is -2.20. The van der Waals surface area contributed by atoms with Crippen LogP contribution in [0, 0.1) is 10.1 Å². The lowest BCUT2D eigenvalue weighted by atomic mass is 9.95. The zero-order valence-corrected chi connectivity index (χ0v) is 14.0. The smallest absolute Gasteiger partial charge is 0.233 e. The van der Waals surface area contributed by atoms with Gasteiger partial charge >= 0.3 is 0 Å². The molecule has 3 rings (SSSR count). The molecule has 0 N–H and O–H groups in total. The van der Waals surface area contributed by atoms with Gasteiger partial charge in [-0.2, -0.15) is 0 Å². The van der Waals surface area contributed by atoms with Crippen LogP contribution in [0.15, 0.2) is 60.7 Å². The molecule has 1 aliphatic rings. The van der Waals surface area contributed by atoms with Crippen LogP contribution in [0.4, 0.5) is 0 Å². The highest BCUT2D eigenvalue weighted by Crippen LogP contribution is 2.31. The first kappa shape index (κ1) is 16.7. The molecule has 4 heteroatoms. The number of nitro groups is 1. The first-order valence-corrected chi connectivity index (χ1v) is 8.65. The summed E-state index contributed by atoms with van der Waals surface area (Å²) in [6.07, 6.45) is 1.95. The Balaban J connectivity index is 1.77. The van der Waals surface area contributed by atoms with Crippen LogP contribution >= 0.6 is 0 Å². The Labute approximate surface area is 143 Å². The van der Waals surface area contributed by atoms with Crippen LogP contribution in [-0.4, -0.2) is 35.0 Å². The number of rotatable bonds is 6. The quantitative estimate of drug-likeness (QED) is 0.600. The van der Waals surface area contributed by atoms with Crippen molar-refractivity contribution in [2.75, 3.05) is 13.1 Å². The van der Waals surface area contributed by atoms with Crippen LogP contribution in [0.25, 0.3) is 0 Å². The van der Waals surface area contributed by atoms with E-state index in [1.165, 1.54) is 5.56 Å². The molecule has 1 aliphatic heterocycles. The molecule has 0 radical (unpaired) electrons. The van der Waals surface area contributed by atoms with Crippen LogP contribution < -0.4 is 0 Å². The van der Waals surface area contributed by atoms with Crippen LogP contribution in [0.2, 0.25) is 0 Å². The third-order valence-corrected chi connectivity index (χ3v) is 5.12. The second kappa shape index (κ2) is 7.58. The first-order chi connectivity index (χ1) is 11.7. The highest BCUT2D eigenvalue weighted by Gasteiger charge is 2.43. The van der Waals surface area contributed by atoms with Crippen molar-refractivity contribution in [2.45, 2.75) is 37.8 Å². The topological polar surface area (TPSA) is 46.4 Å². The van der Waals surface area contributed by atoms with Gasteiger partial charge in [-0.05, 0) is 24.0 Å². The molecule has 0 bridgehead atoms. The van der Waals surface area contributed by atoms with Crippen LogP contribution in [0.5, 0.6) is 0 Å². The number of benzene rings is 2. The Bertz CT molecular complexity index is 660. The summed E-state index contributed by atoms with van der Waals surface area (Å²) < 4.78 is 0. The van der Waals surface area contributed by atoms with Crippen molar-refractivity contribution in [3.8, 4) is 0 Å². The van der Waals surface area contributed by atoms with E-state index in [2.05, 4.69) is 36.1 Å². The number of hydrogen-bond donors (Lipinski definition) is 0. The van der Waals surface area contributed by atoms with Crippen molar-refractivity contribution in [1.29, 1.82) is 0 Å². The fourth-order valence-electron chi connectivity index (χ4n) is 3.77. The third-order valence-electron chi connectivity index (χ3n) is 5.12. The van der Waals surface area contributed by atoms with Gasteiger partial charge in [-0.1, -0.05) is 67.6 Å². The summed E-state index contributed by atoms with van der Waals surface area (Å²) in [5.74, 6) is -0.0222. The molecule has 0 amide bonds. The molecule has 2 aromatic rings. The van der Waals surface area contributed by atoms with Gasteiger partial charge in [0.1, 0.15) is 0 Å². The molecule has 126 valence electrons. The zero-order valence-electron chi connectivity index (χ0n) is 14.0. The SMILES string of the molecule is CCC(Cc1ccccc1)N1CC(c2ccccc2)C([N+](=O)[O-])C1. The second-order valence-electron chi connectivity index (χ2n) is 6.58. The molecule has 4 nitrogen and oxygen atoms in total. The predicted octanol–water partition coefficient (Wildman–Crippen LogP) is 3.75. The van der Waals surface area contributed by atoms with Gasteiger partial charge in [-0.15, -0.1) is 0 Å². The normalized spacial score (nSPS) is 22.4. The Kier molecular flexibility index (Phi) is 5.26. The van der Waals surface area contributed by atoms with Gasteiger partial charge in [0.25, 0.3) is 0 Å². The van der Waals surface area contributed by atoms with Gasteiger partial charge in [-0.25, -0.2) is 0 Å². The average Bonchev–Trinajstić information content (AvgIpc) is 3.07. The summed E-state index contributed by atoms with van der Waals surface area (Å²) in [6.45, 7) is 3.48. The van der Waals surface area contributed by atoms with Crippen LogP contribution in [0.3, 0.4) is 0 Å². The number of likely N-dealkylation sites (tertiary alicyclic amines) is 1. The minimum Gasteiger partial charge on any atom is -0.293 e. The Morgan fingerprint density at radius 3 is 2.29 bits per heavy atom. The van der Waals surface area contributed by atoms with E-state index in [0.717, 1.165) is 24.9 Å². The Morgan fingerprint density at radius 1 is 1.08 bits per heavy atom. The van der Waals surface area contributed by atoms with E-state index in [-0.39, 0.29) is 10.8 Å². The largest absolute Gasteiger partial charge is 0.293 e. The summed E-state index contributed by atoms with van der Waals surface area (Å²) in [7, 11) is 0. The molecule has 1 heterocycles. The molecule has 0 aromatic heterocycles. The van der Waals surface area contributed by atoms with Crippen molar-refractivity contribution >= 4 is 0 Å². The van der Waals surface area contributed by atoms with Gasteiger partial charge in [0, 0.05) is 17.5 Å². The van der Waals surface area contributed by atoms with E-state index in [1.807, 2.05) is 36.4 Å². The highest BCUT2D eigenvalue weighted by atomic mass is 16.6. The van der Waals surface area contributed by atoms with Gasteiger partial charge in [-0.3, -0.25) is 15.0 Å². The van der Waals surface area contributed by atoms with Gasteiger partial charge in [0.15, 0.2) is 0 Å². The molecule has 0 aliphatic carbocycles. The molecular weight excluding hydrogens is 300 g/mol. The van der Waals surface area contributed by atoms with Crippen LogP contribution in [0.1, 0.15) is 30.4 Å². The fraction of sp³-hybridized carbons (Fsp3) is 0.400. The van der Waals surface area contributed by atoms with E-state index in [9.17, 15) is 10.1 Å². The van der Waals surface area contributed by atoms with Crippen molar-refractivity contribution in [1.82, 2.24) is 4.90 Å². The lowest BCUT2D eigenvalue weighted by Crippen LogP contribution is -2.36. The van der Waals surface area contributed by atoms with Gasteiger partial charge in [0.2, 0.25) is 6.04 Å². The fourth-order valence-corrected chi connectivity index (χ4v) is 3.77. The Morgan fingerprint density at radius 2 is 1.71 bits per heavy atom. The molecule has 0 spiro atoms. The van der Waals surface area contributed by atoms with Crippen molar-refractivity contribution in [3.05, 3.63) is 81.9 Å². The molecular formula is C20H24N2O2. The van der Waals surface area contributed by atoms with E-state index in [4.69, 9.17) is 0 Å². The van der Waals surface area contributed by atoms with E-state index in [1.54, 1.807) is 0 Å². The third kappa shape index (κ3) is 3.65. The van der Waals surface area contributed by atoms with Gasteiger partial charge < -0.3 is 0 Å². The summed E-state index contributed by atoms with van der Waals surface area (Å²) in [4.78, 5) is 13.8. The molecule has 1 saturated heterocycles. The lowest BCUT2D eigenvalue weighted by Gasteiger charge is -2.26. The summed E-state index contributed by atoms with van der Waals surface area (Å²) in [6, 6.07) is 20.2. The van der Waals surface area contributed by atoms with E-state index in [0.29, 0.717) is 12.6 Å². The molecule has 0 saturated carbocycles. The standard InChI is InChI=1S/C20H24N2O2/c1-2-18(13-16-9-5-3-6-10-16)21-14-19(20(15-21)22(23)24)17-11-7-4-8-12-17/h3-12,18-20H,2,13-15H2,1H3. The molecule has 2 aromatic carbocycles. The van der Waals surface area contributed by atoms with E-state index >= 15 is 0 Å².